The average Bonchev–Trinajstić information content (AvgIpc) is 2.22. The van der Waals surface area contributed by atoms with Crippen LogP contribution in [0.25, 0.3) is 0 Å². The Kier molecular flexibility index (Phi) is 3.96. The number of aryl methyl sites for hydroxylation is 1. The first-order chi connectivity index (χ1) is 7.08. The first kappa shape index (κ1) is 11.8. The molecule has 0 amide bonds. The smallest absolute Gasteiger partial charge is 0.137 e. The molecule has 1 atom stereocenters. The van der Waals surface area contributed by atoms with E-state index >= 15 is 0 Å². The molecule has 0 heterocycles. The van der Waals surface area contributed by atoms with Crippen molar-refractivity contribution in [1.82, 2.24) is 0 Å². The van der Waals surface area contributed by atoms with Gasteiger partial charge in [0.1, 0.15) is 5.75 Å². The van der Waals surface area contributed by atoms with Gasteiger partial charge in [-0.2, -0.15) is 5.26 Å². The molecule has 1 aromatic rings. The predicted molar refractivity (Wildman–Crippen MR) is 60.0 cm³/mol. The minimum Gasteiger partial charge on any atom is -0.495 e. The molecule has 0 aromatic heterocycles. The lowest BCUT2D eigenvalue weighted by Gasteiger charge is -2.10. The summed E-state index contributed by atoms with van der Waals surface area (Å²) < 4.78 is 5.08. The molecule has 0 saturated carbocycles. The Hall–Kier alpha value is -1.24. The van der Waals surface area contributed by atoms with E-state index in [2.05, 4.69) is 0 Å². The van der Waals surface area contributed by atoms with Gasteiger partial charge < -0.3 is 10.5 Å². The summed E-state index contributed by atoms with van der Waals surface area (Å²) in [6.07, 6.45) is 0.506. The van der Waals surface area contributed by atoms with Gasteiger partial charge in [0.25, 0.3) is 0 Å². The van der Waals surface area contributed by atoms with Crippen LogP contribution < -0.4 is 10.5 Å². The highest BCUT2D eigenvalue weighted by Crippen LogP contribution is 2.28. The van der Waals surface area contributed by atoms with Gasteiger partial charge in [0.2, 0.25) is 0 Å². The van der Waals surface area contributed by atoms with Gasteiger partial charge in [-0.05, 0) is 30.2 Å². The van der Waals surface area contributed by atoms with Crippen LogP contribution in [0.4, 0.5) is 0 Å². The van der Waals surface area contributed by atoms with Gasteiger partial charge in [-0.1, -0.05) is 11.6 Å². The molecule has 1 aromatic carbocycles. The fraction of sp³-hybridized carbons (Fsp3) is 0.364. The van der Waals surface area contributed by atoms with E-state index in [0.29, 0.717) is 17.2 Å². The molecule has 15 heavy (non-hydrogen) atoms. The third-order valence-corrected chi connectivity index (χ3v) is 2.51. The fourth-order valence-corrected chi connectivity index (χ4v) is 1.62. The van der Waals surface area contributed by atoms with E-state index < -0.39 is 6.04 Å². The minimum absolute atomic E-state index is 0.492. The first-order valence-electron chi connectivity index (χ1n) is 4.56. The third-order valence-electron chi connectivity index (χ3n) is 2.22. The van der Waals surface area contributed by atoms with Gasteiger partial charge in [-0.15, -0.1) is 0 Å². The highest BCUT2D eigenvalue weighted by atomic mass is 35.5. The van der Waals surface area contributed by atoms with Crippen LogP contribution in [0.2, 0.25) is 5.02 Å². The molecule has 0 bridgehead atoms. The zero-order valence-corrected chi connectivity index (χ0v) is 9.51. The first-order valence-corrected chi connectivity index (χ1v) is 4.94. The molecule has 1 rings (SSSR count). The topological polar surface area (TPSA) is 59.0 Å². The van der Waals surface area contributed by atoms with Crippen LogP contribution in [0, 0.1) is 18.3 Å². The summed E-state index contributed by atoms with van der Waals surface area (Å²) in [5.74, 6) is 0.642. The number of hydrogen-bond donors (Lipinski definition) is 1. The Bertz CT molecular complexity index is 398. The Labute approximate surface area is 94.4 Å². The molecule has 0 radical (unpaired) electrons. The van der Waals surface area contributed by atoms with Crippen molar-refractivity contribution < 1.29 is 4.74 Å². The summed E-state index contributed by atoms with van der Waals surface area (Å²) in [5.41, 5.74) is 7.57. The third kappa shape index (κ3) is 2.85. The second-order valence-corrected chi connectivity index (χ2v) is 3.76. The summed E-state index contributed by atoms with van der Waals surface area (Å²) in [7, 11) is 1.57. The normalized spacial score (nSPS) is 11.9. The summed E-state index contributed by atoms with van der Waals surface area (Å²) in [6.45, 7) is 1.94. The van der Waals surface area contributed by atoms with Crippen LogP contribution >= 0.6 is 11.6 Å². The number of ether oxygens (including phenoxy) is 1. The van der Waals surface area contributed by atoms with Crippen LogP contribution in [-0.2, 0) is 6.42 Å². The molecule has 0 aliphatic rings. The zero-order chi connectivity index (χ0) is 11.4. The van der Waals surface area contributed by atoms with Crippen LogP contribution in [0.15, 0.2) is 12.1 Å². The molecule has 2 N–H and O–H groups in total. The van der Waals surface area contributed by atoms with Crippen molar-refractivity contribution >= 4 is 11.6 Å². The van der Waals surface area contributed by atoms with E-state index in [9.17, 15) is 0 Å². The minimum atomic E-state index is -0.492. The lowest BCUT2D eigenvalue weighted by Crippen LogP contribution is -2.20. The maximum atomic E-state index is 8.62. The number of hydrogen-bond acceptors (Lipinski definition) is 3. The number of halogens is 1. The lowest BCUT2D eigenvalue weighted by atomic mass is 10.0. The van der Waals surface area contributed by atoms with Crippen molar-refractivity contribution in [3.63, 3.8) is 0 Å². The van der Waals surface area contributed by atoms with Crippen molar-refractivity contribution in [3.8, 4) is 11.8 Å². The Morgan fingerprint density at radius 2 is 2.27 bits per heavy atom. The molecule has 3 nitrogen and oxygen atoms in total. The maximum absolute atomic E-state index is 8.62. The monoisotopic (exact) mass is 224 g/mol. The van der Waals surface area contributed by atoms with Crippen LogP contribution in [0.1, 0.15) is 11.1 Å². The maximum Gasteiger partial charge on any atom is 0.137 e. The number of rotatable bonds is 3. The van der Waals surface area contributed by atoms with Crippen molar-refractivity contribution in [1.29, 1.82) is 5.26 Å². The van der Waals surface area contributed by atoms with E-state index in [-0.39, 0.29) is 0 Å². The molecular formula is C11H13ClN2O. The molecule has 4 heteroatoms. The van der Waals surface area contributed by atoms with Gasteiger partial charge in [0.15, 0.2) is 0 Å². The lowest BCUT2D eigenvalue weighted by molar-refractivity contribution is 0.414. The summed E-state index contributed by atoms with van der Waals surface area (Å²) >= 11 is 5.98. The predicted octanol–water partition coefficient (Wildman–Crippen LogP) is 2.05. The molecule has 0 fully saturated rings. The van der Waals surface area contributed by atoms with Gasteiger partial charge in [-0.25, -0.2) is 0 Å². The Morgan fingerprint density at radius 3 is 2.80 bits per heavy atom. The standard InChI is InChI=1S/C11H13ClN2O/c1-7-3-11(15-2)10(12)5-8(7)4-9(14)6-13/h3,5,9H,4,14H2,1-2H3. The highest BCUT2D eigenvalue weighted by molar-refractivity contribution is 6.32. The second-order valence-electron chi connectivity index (χ2n) is 3.35. The molecule has 0 saturated heterocycles. The van der Waals surface area contributed by atoms with Gasteiger partial charge in [-0.3, -0.25) is 0 Å². The quantitative estimate of drug-likeness (QED) is 0.855. The van der Waals surface area contributed by atoms with E-state index in [4.69, 9.17) is 27.3 Å². The molecule has 80 valence electrons. The Morgan fingerprint density at radius 1 is 1.60 bits per heavy atom. The summed E-state index contributed by atoms with van der Waals surface area (Å²) in [4.78, 5) is 0. The SMILES string of the molecule is COc1cc(C)c(CC(N)C#N)cc1Cl. The Balaban J connectivity index is 3.01. The molecule has 1 unspecified atom stereocenters. The van der Waals surface area contributed by atoms with Gasteiger partial charge in [0.05, 0.1) is 24.2 Å². The molecule has 0 aliphatic heterocycles. The van der Waals surface area contributed by atoms with Crippen molar-refractivity contribution in [2.75, 3.05) is 7.11 Å². The number of methoxy groups -OCH3 is 1. The van der Waals surface area contributed by atoms with E-state index in [1.54, 1.807) is 13.2 Å². The zero-order valence-electron chi connectivity index (χ0n) is 8.75. The largest absolute Gasteiger partial charge is 0.495 e. The van der Waals surface area contributed by atoms with Crippen LogP contribution in [0.5, 0.6) is 5.75 Å². The summed E-state index contributed by atoms with van der Waals surface area (Å²) in [5, 5.41) is 9.17. The van der Waals surface area contributed by atoms with Gasteiger partial charge in [0, 0.05) is 6.42 Å². The number of nitrogens with two attached hydrogens (primary N) is 1. The molecule has 0 spiro atoms. The van der Waals surface area contributed by atoms with E-state index in [0.717, 1.165) is 11.1 Å². The van der Waals surface area contributed by atoms with Crippen molar-refractivity contribution in [3.05, 3.63) is 28.3 Å². The number of nitrogens with zero attached hydrogens (tertiary/aromatic N) is 1. The van der Waals surface area contributed by atoms with Crippen LogP contribution in [-0.4, -0.2) is 13.2 Å². The van der Waals surface area contributed by atoms with Gasteiger partial charge >= 0.3 is 0 Å². The summed E-state index contributed by atoms with van der Waals surface area (Å²) in [6, 6.07) is 5.15. The van der Waals surface area contributed by atoms with E-state index in [1.807, 2.05) is 19.1 Å². The second kappa shape index (κ2) is 5.01. The van der Waals surface area contributed by atoms with Crippen LogP contribution in [0.3, 0.4) is 0 Å². The van der Waals surface area contributed by atoms with Crippen molar-refractivity contribution in [2.45, 2.75) is 19.4 Å². The fourth-order valence-electron chi connectivity index (χ4n) is 1.36. The van der Waals surface area contributed by atoms with Crippen molar-refractivity contribution in [2.24, 2.45) is 5.73 Å². The highest BCUT2D eigenvalue weighted by Gasteiger charge is 2.09. The number of nitriles is 1. The average molecular weight is 225 g/mol. The number of benzene rings is 1. The molecule has 0 aliphatic carbocycles. The van der Waals surface area contributed by atoms with E-state index in [1.165, 1.54) is 0 Å². The molecular weight excluding hydrogens is 212 g/mol.